The maximum atomic E-state index is 12.0. The highest BCUT2D eigenvalue weighted by Crippen LogP contribution is 2.20. The molecule has 0 saturated carbocycles. The largest absolute Gasteiger partial charge is 0.271 e. The Hall–Kier alpha value is -1.90. The van der Waals surface area contributed by atoms with Gasteiger partial charge in [-0.1, -0.05) is 11.6 Å². The molecule has 1 amide bonds. The van der Waals surface area contributed by atoms with Crippen LogP contribution in [0.4, 0.5) is 5.69 Å². The second-order valence-electron chi connectivity index (χ2n) is 5.01. The molecular weight excluding hydrogens is 370 g/mol. The van der Waals surface area contributed by atoms with Crippen molar-refractivity contribution in [2.45, 2.75) is 6.92 Å². The molecule has 2 rings (SSSR count). The molecule has 0 aliphatic heterocycles. The maximum Gasteiger partial charge on any atom is 0.260 e. The normalized spacial score (nSPS) is 11.6. The van der Waals surface area contributed by atoms with Crippen LogP contribution in [0.2, 0.25) is 5.02 Å². The average Bonchev–Trinajstić information content (AvgIpc) is 2.90. The zero-order valence-corrected chi connectivity index (χ0v) is 15.5. The summed E-state index contributed by atoms with van der Waals surface area (Å²) in [5.41, 5.74) is 3.75. The molecule has 0 bridgehead atoms. The molecule has 1 aromatic heterocycles. The van der Waals surface area contributed by atoms with E-state index in [1.54, 1.807) is 12.1 Å². The molecule has 128 valence electrons. The summed E-state index contributed by atoms with van der Waals surface area (Å²) in [5, 5.41) is 6.26. The standard InChI is InChI=1S/C15H16ClN3O3S2/c1-11-7-8-23-14(11)9-17-18-15(20)10-19(24(2,21)22)13-5-3-12(16)4-6-13/h3-9H,10H2,1-2H3,(H,18,20)/b17-9-. The summed E-state index contributed by atoms with van der Waals surface area (Å²) in [5.74, 6) is -0.541. The van der Waals surface area contributed by atoms with E-state index in [2.05, 4.69) is 10.5 Å². The number of sulfonamides is 1. The van der Waals surface area contributed by atoms with E-state index in [-0.39, 0.29) is 6.54 Å². The van der Waals surface area contributed by atoms with E-state index in [0.29, 0.717) is 10.7 Å². The van der Waals surface area contributed by atoms with E-state index in [4.69, 9.17) is 11.6 Å². The first-order valence-corrected chi connectivity index (χ1v) is 9.97. The number of aryl methyl sites for hydroxylation is 1. The summed E-state index contributed by atoms with van der Waals surface area (Å²) in [7, 11) is -3.62. The lowest BCUT2D eigenvalue weighted by atomic mass is 10.3. The van der Waals surface area contributed by atoms with E-state index in [9.17, 15) is 13.2 Å². The van der Waals surface area contributed by atoms with Crippen molar-refractivity contribution in [2.24, 2.45) is 5.10 Å². The molecule has 0 aliphatic carbocycles. The monoisotopic (exact) mass is 385 g/mol. The van der Waals surface area contributed by atoms with Crippen LogP contribution in [-0.2, 0) is 14.8 Å². The Bertz CT molecular complexity index is 845. The van der Waals surface area contributed by atoms with Crippen molar-refractivity contribution < 1.29 is 13.2 Å². The molecule has 0 aliphatic rings. The molecule has 9 heteroatoms. The number of nitrogens with one attached hydrogen (secondary N) is 1. The van der Waals surface area contributed by atoms with Crippen LogP contribution in [0, 0.1) is 6.92 Å². The van der Waals surface area contributed by atoms with Gasteiger partial charge in [-0.15, -0.1) is 11.3 Å². The van der Waals surface area contributed by atoms with Crippen molar-refractivity contribution in [3.63, 3.8) is 0 Å². The third-order valence-corrected chi connectivity index (χ3v) is 5.42. The number of anilines is 1. The molecule has 1 aromatic carbocycles. The second-order valence-corrected chi connectivity index (χ2v) is 8.30. The zero-order valence-electron chi connectivity index (χ0n) is 13.1. The van der Waals surface area contributed by atoms with Crippen molar-refractivity contribution in [3.05, 3.63) is 51.2 Å². The minimum atomic E-state index is -3.62. The SMILES string of the molecule is Cc1ccsc1/C=N\NC(=O)CN(c1ccc(Cl)cc1)S(C)(=O)=O. The number of nitrogens with zero attached hydrogens (tertiary/aromatic N) is 2. The average molecular weight is 386 g/mol. The summed E-state index contributed by atoms with van der Waals surface area (Å²) in [4.78, 5) is 12.9. The van der Waals surface area contributed by atoms with Gasteiger partial charge in [-0.3, -0.25) is 9.10 Å². The minimum Gasteiger partial charge on any atom is -0.271 e. The number of carbonyl (C=O) groups excluding carboxylic acids is 1. The van der Waals surface area contributed by atoms with Gasteiger partial charge in [-0.05, 0) is 48.2 Å². The first-order valence-electron chi connectivity index (χ1n) is 6.86. The van der Waals surface area contributed by atoms with Gasteiger partial charge in [0.2, 0.25) is 10.0 Å². The molecule has 2 aromatic rings. The number of thiophene rings is 1. The zero-order chi connectivity index (χ0) is 17.7. The summed E-state index contributed by atoms with van der Waals surface area (Å²) >= 11 is 7.30. The summed E-state index contributed by atoms with van der Waals surface area (Å²) in [6.07, 6.45) is 2.57. The number of hydrazone groups is 1. The van der Waals surface area contributed by atoms with Gasteiger partial charge in [0.05, 0.1) is 18.2 Å². The molecule has 24 heavy (non-hydrogen) atoms. The van der Waals surface area contributed by atoms with E-state index < -0.39 is 15.9 Å². The van der Waals surface area contributed by atoms with Gasteiger partial charge in [0.25, 0.3) is 5.91 Å². The van der Waals surface area contributed by atoms with Crippen molar-refractivity contribution in [2.75, 3.05) is 17.1 Å². The van der Waals surface area contributed by atoms with Gasteiger partial charge in [-0.2, -0.15) is 5.10 Å². The molecule has 1 N–H and O–H groups in total. The van der Waals surface area contributed by atoms with Crippen molar-refractivity contribution in [1.82, 2.24) is 5.43 Å². The fourth-order valence-electron chi connectivity index (χ4n) is 1.85. The number of benzene rings is 1. The third kappa shape index (κ3) is 5.05. The Morgan fingerprint density at radius 1 is 1.33 bits per heavy atom. The molecule has 1 heterocycles. The van der Waals surface area contributed by atoms with Crippen molar-refractivity contribution >= 4 is 50.8 Å². The number of hydrogen-bond acceptors (Lipinski definition) is 5. The fourth-order valence-corrected chi connectivity index (χ4v) is 3.62. The molecule has 0 atom stereocenters. The number of amides is 1. The van der Waals surface area contributed by atoms with Crippen LogP contribution >= 0.6 is 22.9 Å². The van der Waals surface area contributed by atoms with Gasteiger partial charge in [-0.25, -0.2) is 13.8 Å². The summed E-state index contributed by atoms with van der Waals surface area (Å²) in [6, 6.07) is 8.14. The van der Waals surface area contributed by atoms with Crippen LogP contribution in [-0.4, -0.2) is 33.3 Å². The highest BCUT2D eigenvalue weighted by Gasteiger charge is 2.20. The Morgan fingerprint density at radius 3 is 2.54 bits per heavy atom. The number of halogens is 1. The molecule has 0 unspecified atom stereocenters. The summed E-state index contributed by atoms with van der Waals surface area (Å²) < 4.78 is 24.9. The Balaban J connectivity index is 2.07. The van der Waals surface area contributed by atoms with Crippen LogP contribution < -0.4 is 9.73 Å². The second kappa shape index (κ2) is 7.78. The molecule has 6 nitrogen and oxygen atoms in total. The molecule has 0 radical (unpaired) electrons. The van der Waals surface area contributed by atoms with Gasteiger partial charge < -0.3 is 0 Å². The number of carbonyl (C=O) groups is 1. The topological polar surface area (TPSA) is 78.8 Å². The van der Waals surface area contributed by atoms with Gasteiger partial charge >= 0.3 is 0 Å². The fraction of sp³-hybridized carbons (Fsp3) is 0.200. The highest BCUT2D eigenvalue weighted by molar-refractivity contribution is 7.92. The quantitative estimate of drug-likeness (QED) is 0.613. The molecule has 0 spiro atoms. The predicted octanol–water partition coefficient (Wildman–Crippen LogP) is 2.63. The minimum absolute atomic E-state index is 0.357. The smallest absolute Gasteiger partial charge is 0.260 e. The van der Waals surface area contributed by atoms with Gasteiger partial charge in [0, 0.05) is 9.90 Å². The van der Waals surface area contributed by atoms with Gasteiger partial charge in [0.1, 0.15) is 6.54 Å². The lowest BCUT2D eigenvalue weighted by molar-refractivity contribution is -0.119. The molecule has 0 fully saturated rings. The van der Waals surface area contributed by atoms with Crippen LogP contribution in [0.1, 0.15) is 10.4 Å². The lowest BCUT2D eigenvalue weighted by Crippen LogP contribution is -2.38. The van der Waals surface area contributed by atoms with E-state index in [0.717, 1.165) is 21.0 Å². The third-order valence-electron chi connectivity index (χ3n) is 3.07. The number of rotatable bonds is 6. The van der Waals surface area contributed by atoms with E-state index in [1.807, 2.05) is 18.4 Å². The molecule has 0 saturated heterocycles. The summed E-state index contributed by atoms with van der Waals surface area (Å²) in [6.45, 7) is 1.56. The first-order chi connectivity index (χ1) is 11.3. The van der Waals surface area contributed by atoms with Gasteiger partial charge in [0.15, 0.2) is 0 Å². The Kier molecular flexibility index (Phi) is 5.98. The van der Waals surface area contributed by atoms with Crippen LogP contribution in [0.3, 0.4) is 0 Å². The predicted molar refractivity (Wildman–Crippen MR) is 98.4 cm³/mol. The Morgan fingerprint density at radius 2 is 2.00 bits per heavy atom. The van der Waals surface area contributed by atoms with Crippen LogP contribution in [0.25, 0.3) is 0 Å². The van der Waals surface area contributed by atoms with E-state index >= 15 is 0 Å². The maximum absolute atomic E-state index is 12.0. The lowest BCUT2D eigenvalue weighted by Gasteiger charge is -2.21. The van der Waals surface area contributed by atoms with Crippen LogP contribution in [0.5, 0.6) is 0 Å². The van der Waals surface area contributed by atoms with Crippen molar-refractivity contribution in [1.29, 1.82) is 0 Å². The van der Waals surface area contributed by atoms with Crippen LogP contribution in [0.15, 0.2) is 40.8 Å². The van der Waals surface area contributed by atoms with E-state index in [1.165, 1.54) is 29.7 Å². The van der Waals surface area contributed by atoms with Crippen molar-refractivity contribution in [3.8, 4) is 0 Å². The number of hydrogen-bond donors (Lipinski definition) is 1. The first kappa shape index (κ1) is 18.4. The highest BCUT2D eigenvalue weighted by atomic mass is 35.5. The Labute approximate surface area is 149 Å². The molecular formula is C15H16ClN3O3S2.